The largest absolute Gasteiger partial charge is 0.504 e. The first-order valence-electron chi connectivity index (χ1n) is 6.01. The van der Waals surface area contributed by atoms with E-state index in [9.17, 15) is 15.3 Å². The monoisotopic (exact) mass is 237 g/mol. The zero-order valence-electron chi connectivity index (χ0n) is 9.93. The molecule has 0 radical (unpaired) electrons. The van der Waals surface area contributed by atoms with Crippen LogP contribution in [0.3, 0.4) is 0 Å². The van der Waals surface area contributed by atoms with Gasteiger partial charge in [-0.2, -0.15) is 0 Å². The summed E-state index contributed by atoms with van der Waals surface area (Å²) in [6.07, 6.45) is 1.37. The van der Waals surface area contributed by atoms with Crippen molar-refractivity contribution in [2.24, 2.45) is 5.92 Å². The number of rotatable bonds is 2. The van der Waals surface area contributed by atoms with E-state index in [4.69, 9.17) is 0 Å². The molecule has 0 amide bonds. The molecular weight excluding hydrogens is 218 g/mol. The Morgan fingerprint density at radius 3 is 2.59 bits per heavy atom. The number of hydrogen-bond acceptors (Lipinski definition) is 4. The highest BCUT2D eigenvalue weighted by atomic mass is 16.3. The third-order valence-corrected chi connectivity index (χ3v) is 3.42. The first kappa shape index (κ1) is 12.2. The van der Waals surface area contributed by atoms with Crippen molar-refractivity contribution in [3.63, 3.8) is 0 Å². The van der Waals surface area contributed by atoms with Crippen LogP contribution in [0, 0.1) is 5.92 Å². The molecule has 4 nitrogen and oxygen atoms in total. The fourth-order valence-corrected chi connectivity index (χ4v) is 2.25. The first-order chi connectivity index (χ1) is 8.08. The average molecular weight is 237 g/mol. The Hall–Kier alpha value is -1.26. The van der Waals surface area contributed by atoms with Crippen LogP contribution >= 0.6 is 0 Å². The number of aliphatic hydroxyl groups is 1. The summed E-state index contributed by atoms with van der Waals surface area (Å²) < 4.78 is 0. The molecule has 1 saturated heterocycles. The maximum Gasteiger partial charge on any atom is 0.157 e. The number of benzene rings is 1. The van der Waals surface area contributed by atoms with Crippen LogP contribution in [-0.2, 0) is 0 Å². The fourth-order valence-electron chi connectivity index (χ4n) is 2.25. The van der Waals surface area contributed by atoms with Gasteiger partial charge < -0.3 is 20.6 Å². The third kappa shape index (κ3) is 2.70. The molecule has 3 atom stereocenters. The lowest BCUT2D eigenvalue weighted by Crippen LogP contribution is -2.41. The molecule has 1 fully saturated rings. The molecule has 3 unspecified atom stereocenters. The summed E-state index contributed by atoms with van der Waals surface area (Å²) in [5, 5.41) is 32.1. The summed E-state index contributed by atoms with van der Waals surface area (Å²) in [5.41, 5.74) is 0.632. The maximum atomic E-state index is 10.2. The smallest absolute Gasteiger partial charge is 0.157 e. The van der Waals surface area contributed by atoms with Gasteiger partial charge in [0.2, 0.25) is 0 Å². The fraction of sp³-hybridized carbons (Fsp3) is 0.538. The van der Waals surface area contributed by atoms with E-state index in [2.05, 4.69) is 12.2 Å². The number of aliphatic hydroxyl groups excluding tert-OH is 1. The van der Waals surface area contributed by atoms with Crippen molar-refractivity contribution >= 4 is 0 Å². The summed E-state index contributed by atoms with van der Waals surface area (Å²) in [4.78, 5) is 0. The zero-order chi connectivity index (χ0) is 12.4. The molecule has 0 aliphatic carbocycles. The highest BCUT2D eigenvalue weighted by molar-refractivity contribution is 5.41. The molecule has 0 bridgehead atoms. The van der Waals surface area contributed by atoms with Gasteiger partial charge in [0.25, 0.3) is 0 Å². The Bertz CT molecular complexity index is 386. The Labute approximate surface area is 101 Å². The van der Waals surface area contributed by atoms with Gasteiger partial charge in [-0.15, -0.1) is 0 Å². The molecule has 17 heavy (non-hydrogen) atoms. The molecule has 0 spiro atoms. The summed E-state index contributed by atoms with van der Waals surface area (Å²) in [5.74, 6) is 0.295. The van der Waals surface area contributed by atoms with Crippen LogP contribution in [-0.4, -0.2) is 27.9 Å². The minimum Gasteiger partial charge on any atom is -0.504 e. The Balaban J connectivity index is 2.08. The summed E-state index contributed by atoms with van der Waals surface area (Å²) in [7, 11) is 0. The van der Waals surface area contributed by atoms with E-state index in [1.807, 2.05) is 0 Å². The molecule has 0 aromatic heterocycles. The molecule has 1 aromatic rings. The van der Waals surface area contributed by atoms with Crippen LogP contribution in [0.4, 0.5) is 0 Å². The number of piperidine rings is 1. The molecule has 0 saturated carbocycles. The summed E-state index contributed by atoms with van der Waals surface area (Å²) >= 11 is 0. The summed E-state index contributed by atoms with van der Waals surface area (Å²) in [6, 6.07) is 4.48. The van der Waals surface area contributed by atoms with Crippen molar-refractivity contribution in [3.8, 4) is 11.5 Å². The van der Waals surface area contributed by atoms with E-state index in [1.54, 1.807) is 6.07 Å². The van der Waals surface area contributed by atoms with Gasteiger partial charge in [0.1, 0.15) is 0 Å². The van der Waals surface area contributed by atoms with Gasteiger partial charge in [-0.3, -0.25) is 0 Å². The SMILES string of the molecule is CC1CCC(C(O)c2ccc(O)c(O)c2)NC1. The lowest BCUT2D eigenvalue weighted by atomic mass is 9.90. The van der Waals surface area contributed by atoms with Crippen LogP contribution in [0.2, 0.25) is 0 Å². The van der Waals surface area contributed by atoms with Gasteiger partial charge in [-0.25, -0.2) is 0 Å². The van der Waals surface area contributed by atoms with Crippen molar-refractivity contribution < 1.29 is 15.3 Å². The Kier molecular flexibility index (Phi) is 3.54. The van der Waals surface area contributed by atoms with Crippen LogP contribution in [0.15, 0.2) is 18.2 Å². The van der Waals surface area contributed by atoms with Gasteiger partial charge in [0, 0.05) is 6.04 Å². The molecule has 1 aliphatic heterocycles. The Morgan fingerprint density at radius 2 is 2.00 bits per heavy atom. The maximum absolute atomic E-state index is 10.2. The molecule has 1 aromatic carbocycles. The number of phenolic OH excluding ortho intramolecular Hbond substituents is 2. The van der Waals surface area contributed by atoms with Crippen molar-refractivity contribution in [2.75, 3.05) is 6.54 Å². The van der Waals surface area contributed by atoms with Gasteiger partial charge in [-0.05, 0) is 43.0 Å². The standard InChI is InChI=1S/C13H19NO3/c1-8-2-4-10(14-7-8)13(17)9-3-5-11(15)12(16)6-9/h3,5-6,8,10,13-17H,2,4,7H2,1H3. The molecule has 4 heteroatoms. The van der Waals surface area contributed by atoms with Crippen LogP contribution in [0.25, 0.3) is 0 Å². The van der Waals surface area contributed by atoms with E-state index in [-0.39, 0.29) is 17.5 Å². The van der Waals surface area contributed by atoms with E-state index in [0.717, 1.165) is 19.4 Å². The number of phenols is 2. The van der Waals surface area contributed by atoms with E-state index in [1.165, 1.54) is 12.1 Å². The van der Waals surface area contributed by atoms with Crippen molar-refractivity contribution in [1.29, 1.82) is 0 Å². The highest BCUT2D eigenvalue weighted by Crippen LogP contribution is 2.31. The number of nitrogens with one attached hydrogen (secondary N) is 1. The van der Waals surface area contributed by atoms with Gasteiger partial charge >= 0.3 is 0 Å². The van der Waals surface area contributed by atoms with E-state index in [0.29, 0.717) is 11.5 Å². The lowest BCUT2D eigenvalue weighted by molar-refractivity contribution is 0.105. The van der Waals surface area contributed by atoms with E-state index >= 15 is 0 Å². The molecule has 1 heterocycles. The van der Waals surface area contributed by atoms with Crippen LogP contribution in [0.1, 0.15) is 31.4 Å². The topological polar surface area (TPSA) is 72.7 Å². The number of aromatic hydroxyl groups is 2. The van der Waals surface area contributed by atoms with E-state index < -0.39 is 6.10 Å². The molecule has 1 aliphatic rings. The van der Waals surface area contributed by atoms with Crippen molar-refractivity contribution in [3.05, 3.63) is 23.8 Å². The minimum atomic E-state index is -0.644. The van der Waals surface area contributed by atoms with Crippen LogP contribution in [0.5, 0.6) is 11.5 Å². The quantitative estimate of drug-likeness (QED) is 0.588. The second kappa shape index (κ2) is 4.94. The summed E-state index contributed by atoms with van der Waals surface area (Å²) in [6.45, 7) is 3.09. The zero-order valence-corrected chi connectivity index (χ0v) is 9.93. The van der Waals surface area contributed by atoms with Crippen LogP contribution < -0.4 is 5.32 Å². The second-order valence-corrected chi connectivity index (χ2v) is 4.89. The molecule has 94 valence electrons. The predicted octanol–water partition coefficient (Wildman–Crippen LogP) is 1.52. The van der Waals surface area contributed by atoms with Crippen molar-refractivity contribution in [2.45, 2.75) is 31.9 Å². The number of hydrogen-bond donors (Lipinski definition) is 4. The second-order valence-electron chi connectivity index (χ2n) is 4.89. The average Bonchev–Trinajstić information content (AvgIpc) is 2.33. The van der Waals surface area contributed by atoms with Gasteiger partial charge in [-0.1, -0.05) is 13.0 Å². The molecule has 4 N–H and O–H groups in total. The van der Waals surface area contributed by atoms with Gasteiger partial charge in [0.05, 0.1) is 6.10 Å². The highest BCUT2D eigenvalue weighted by Gasteiger charge is 2.25. The first-order valence-corrected chi connectivity index (χ1v) is 6.01. The lowest BCUT2D eigenvalue weighted by Gasteiger charge is -2.31. The predicted molar refractivity (Wildman–Crippen MR) is 64.9 cm³/mol. The van der Waals surface area contributed by atoms with Gasteiger partial charge in [0.15, 0.2) is 11.5 Å². The van der Waals surface area contributed by atoms with Crippen molar-refractivity contribution in [1.82, 2.24) is 5.32 Å². The molecule has 2 rings (SSSR count). The Morgan fingerprint density at radius 1 is 1.24 bits per heavy atom. The third-order valence-electron chi connectivity index (χ3n) is 3.42. The minimum absolute atomic E-state index is 0.0233. The molecular formula is C13H19NO3. The normalized spacial score (nSPS) is 26.7.